The predicted octanol–water partition coefficient (Wildman–Crippen LogP) is 2.81. The van der Waals surface area contributed by atoms with Gasteiger partial charge in [0.1, 0.15) is 0 Å². The molecule has 0 spiro atoms. The number of hydrogen-bond acceptors (Lipinski definition) is 1. The molecule has 1 N–H and O–H groups in total. The van der Waals surface area contributed by atoms with Crippen molar-refractivity contribution in [1.82, 2.24) is 5.32 Å². The fraction of sp³-hybridized carbons (Fsp3) is 1.00. The van der Waals surface area contributed by atoms with Crippen molar-refractivity contribution in [1.29, 1.82) is 0 Å². The average Bonchev–Trinajstić information content (AvgIpc) is 2.57. The molecule has 1 aliphatic rings. The van der Waals surface area contributed by atoms with Crippen molar-refractivity contribution in [2.75, 3.05) is 0 Å². The lowest BCUT2D eigenvalue weighted by Gasteiger charge is -2.20. The van der Waals surface area contributed by atoms with Crippen molar-refractivity contribution in [2.24, 2.45) is 11.3 Å². The first-order chi connectivity index (χ1) is 5.47. The minimum Gasteiger partial charge on any atom is -0.311 e. The van der Waals surface area contributed by atoms with Crippen LogP contribution in [0.2, 0.25) is 0 Å². The Morgan fingerprint density at radius 1 is 1.42 bits per heavy atom. The molecule has 12 heavy (non-hydrogen) atoms. The van der Waals surface area contributed by atoms with E-state index < -0.39 is 0 Å². The lowest BCUT2D eigenvalue weighted by Crippen LogP contribution is -2.35. The van der Waals surface area contributed by atoms with Crippen LogP contribution in [0.4, 0.5) is 0 Å². The Kier molecular flexibility index (Phi) is 2.82. The van der Waals surface area contributed by atoms with Crippen LogP contribution in [0.15, 0.2) is 0 Å². The van der Waals surface area contributed by atoms with E-state index in [0.29, 0.717) is 11.5 Å². The Morgan fingerprint density at radius 2 is 1.92 bits per heavy atom. The lowest BCUT2D eigenvalue weighted by atomic mass is 10.0. The van der Waals surface area contributed by atoms with E-state index in [1.54, 1.807) is 0 Å². The zero-order valence-electron chi connectivity index (χ0n) is 9.15. The van der Waals surface area contributed by atoms with Crippen molar-refractivity contribution in [3.05, 3.63) is 0 Å². The van der Waals surface area contributed by atoms with Gasteiger partial charge in [-0.05, 0) is 24.7 Å². The van der Waals surface area contributed by atoms with Crippen LogP contribution in [-0.2, 0) is 0 Å². The minimum atomic E-state index is 0.571. The second-order valence-corrected chi connectivity index (χ2v) is 5.09. The van der Waals surface area contributed by atoms with Crippen molar-refractivity contribution >= 4 is 0 Å². The molecule has 1 nitrogen and oxygen atoms in total. The molecule has 3 atom stereocenters. The summed E-state index contributed by atoms with van der Waals surface area (Å²) in [5.41, 5.74) is 0.571. The van der Waals surface area contributed by atoms with Crippen LogP contribution >= 0.6 is 0 Å². The van der Waals surface area contributed by atoms with Gasteiger partial charge in [-0.2, -0.15) is 0 Å². The predicted molar refractivity (Wildman–Crippen MR) is 54.2 cm³/mol. The van der Waals surface area contributed by atoms with Crippen molar-refractivity contribution in [3.8, 4) is 0 Å². The van der Waals surface area contributed by atoms with Gasteiger partial charge in [0.15, 0.2) is 0 Å². The highest BCUT2D eigenvalue weighted by Gasteiger charge is 2.46. The molecule has 1 saturated carbocycles. The van der Waals surface area contributed by atoms with Crippen LogP contribution in [0.1, 0.15) is 47.5 Å². The van der Waals surface area contributed by atoms with Gasteiger partial charge in [-0.25, -0.2) is 0 Å². The maximum Gasteiger partial charge on any atom is 0.0127 e. The smallest absolute Gasteiger partial charge is 0.0127 e. The highest BCUT2D eigenvalue weighted by atomic mass is 15.0. The maximum atomic E-state index is 3.69. The zero-order valence-corrected chi connectivity index (χ0v) is 9.15. The molecule has 0 radical (unpaired) electrons. The topological polar surface area (TPSA) is 12.0 Å². The molecule has 0 heterocycles. The summed E-state index contributed by atoms with van der Waals surface area (Å²) >= 11 is 0. The van der Waals surface area contributed by atoms with Crippen molar-refractivity contribution < 1.29 is 0 Å². The third-order valence-electron chi connectivity index (χ3n) is 3.48. The van der Waals surface area contributed by atoms with Crippen LogP contribution in [0, 0.1) is 11.3 Å². The first kappa shape index (κ1) is 10.0. The largest absolute Gasteiger partial charge is 0.311 e. The highest BCUT2D eigenvalue weighted by Crippen LogP contribution is 2.45. The number of hydrogen-bond donors (Lipinski definition) is 1. The Labute approximate surface area is 76.9 Å². The molecule has 72 valence electrons. The molecule has 0 aromatic rings. The molecule has 0 aromatic heterocycles. The Hall–Kier alpha value is -0.0400. The SMILES string of the molecule is CCC(C)C(C)NC1CC1(C)C. The summed E-state index contributed by atoms with van der Waals surface area (Å²) in [5.74, 6) is 0.807. The maximum absolute atomic E-state index is 3.69. The molecule has 0 saturated heterocycles. The minimum absolute atomic E-state index is 0.571. The summed E-state index contributed by atoms with van der Waals surface area (Å²) < 4.78 is 0. The third-order valence-corrected chi connectivity index (χ3v) is 3.48. The van der Waals surface area contributed by atoms with Gasteiger partial charge in [-0.15, -0.1) is 0 Å². The molecule has 1 fully saturated rings. The molecule has 0 aliphatic heterocycles. The van der Waals surface area contributed by atoms with E-state index in [0.717, 1.165) is 12.0 Å². The molecule has 1 heteroatoms. The first-order valence-corrected chi connectivity index (χ1v) is 5.23. The monoisotopic (exact) mass is 169 g/mol. The number of rotatable bonds is 4. The highest BCUT2D eigenvalue weighted by molar-refractivity contribution is 5.02. The van der Waals surface area contributed by atoms with Gasteiger partial charge < -0.3 is 5.32 Å². The van der Waals surface area contributed by atoms with Crippen LogP contribution in [0.3, 0.4) is 0 Å². The van der Waals surface area contributed by atoms with E-state index in [-0.39, 0.29) is 0 Å². The number of nitrogens with one attached hydrogen (secondary N) is 1. The summed E-state index contributed by atoms with van der Waals surface area (Å²) in [6, 6.07) is 1.46. The second kappa shape index (κ2) is 3.37. The fourth-order valence-electron chi connectivity index (χ4n) is 1.59. The van der Waals surface area contributed by atoms with Gasteiger partial charge in [0.2, 0.25) is 0 Å². The van der Waals surface area contributed by atoms with E-state index in [1.165, 1.54) is 12.8 Å². The van der Waals surface area contributed by atoms with Gasteiger partial charge in [0.05, 0.1) is 0 Å². The molecular weight excluding hydrogens is 146 g/mol. The molecule has 1 rings (SSSR count). The van der Waals surface area contributed by atoms with Gasteiger partial charge in [0, 0.05) is 12.1 Å². The van der Waals surface area contributed by atoms with Gasteiger partial charge in [-0.3, -0.25) is 0 Å². The third kappa shape index (κ3) is 2.22. The summed E-state index contributed by atoms with van der Waals surface area (Å²) in [5, 5.41) is 3.69. The molecule has 0 amide bonds. The summed E-state index contributed by atoms with van der Waals surface area (Å²) in [7, 11) is 0. The molecule has 3 unspecified atom stereocenters. The van der Waals surface area contributed by atoms with Gasteiger partial charge >= 0.3 is 0 Å². The normalized spacial score (nSPS) is 31.2. The van der Waals surface area contributed by atoms with Gasteiger partial charge in [-0.1, -0.05) is 34.1 Å². The van der Waals surface area contributed by atoms with E-state index in [1.807, 2.05) is 0 Å². The standard InChI is InChI=1S/C11H23N/c1-6-8(2)9(3)12-10-7-11(10,4)5/h8-10,12H,6-7H2,1-5H3. The Bertz CT molecular complexity index is 151. The van der Waals surface area contributed by atoms with Crippen LogP contribution in [-0.4, -0.2) is 12.1 Å². The van der Waals surface area contributed by atoms with E-state index in [9.17, 15) is 0 Å². The van der Waals surface area contributed by atoms with Crippen LogP contribution in [0.25, 0.3) is 0 Å². The Morgan fingerprint density at radius 3 is 2.25 bits per heavy atom. The summed E-state index contributed by atoms with van der Waals surface area (Å²) in [6.07, 6.45) is 2.63. The fourth-order valence-corrected chi connectivity index (χ4v) is 1.59. The Balaban J connectivity index is 2.24. The summed E-state index contributed by atoms with van der Waals surface area (Å²) in [6.45, 7) is 11.6. The van der Waals surface area contributed by atoms with Crippen molar-refractivity contribution in [3.63, 3.8) is 0 Å². The molecular formula is C11H23N. The lowest BCUT2D eigenvalue weighted by molar-refractivity contribution is 0.369. The molecule has 1 aliphatic carbocycles. The quantitative estimate of drug-likeness (QED) is 0.682. The van der Waals surface area contributed by atoms with E-state index in [2.05, 4.69) is 39.9 Å². The summed E-state index contributed by atoms with van der Waals surface area (Å²) in [4.78, 5) is 0. The zero-order chi connectivity index (χ0) is 9.35. The second-order valence-electron chi connectivity index (χ2n) is 5.09. The van der Waals surface area contributed by atoms with E-state index >= 15 is 0 Å². The van der Waals surface area contributed by atoms with Gasteiger partial charge in [0.25, 0.3) is 0 Å². The van der Waals surface area contributed by atoms with Crippen LogP contribution < -0.4 is 5.32 Å². The average molecular weight is 169 g/mol. The van der Waals surface area contributed by atoms with E-state index in [4.69, 9.17) is 0 Å². The molecule has 0 aromatic carbocycles. The molecule has 0 bridgehead atoms. The van der Waals surface area contributed by atoms with Crippen LogP contribution in [0.5, 0.6) is 0 Å². The first-order valence-electron chi connectivity index (χ1n) is 5.23. The van der Waals surface area contributed by atoms with Crippen molar-refractivity contribution in [2.45, 2.75) is 59.5 Å².